The Morgan fingerprint density at radius 3 is 2.36 bits per heavy atom. The highest BCUT2D eigenvalue weighted by Crippen LogP contribution is 2.18. The van der Waals surface area contributed by atoms with Gasteiger partial charge in [0, 0.05) is 47.1 Å². The van der Waals surface area contributed by atoms with Gasteiger partial charge in [-0.2, -0.15) is 4.36 Å². The Balaban J connectivity index is 1.87. The zero-order chi connectivity index (χ0) is 20.0. The summed E-state index contributed by atoms with van der Waals surface area (Å²) in [4.78, 5) is 20.9. The molecule has 0 N–H and O–H groups in total. The van der Waals surface area contributed by atoms with Crippen LogP contribution in [0.3, 0.4) is 0 Å². The number of hydrogen-bond acceptors (Lipinski definition) is 5. The average Bonchev–Trinajstić information content (AvgIpc) is 2.73. The number of nitrogens with zero attached hydrogens (tertiary/aromatic N) is 3. The van der Waals surface area contributed by atoms with E-state index in [-0.39, 0.29) is 5.56 Å². The van der Waals surface area contributed by atoms with Gasteiger partial charge in [0.05, 0.1) is 22.4 Å². The summed E-state index contributed by atoms with van der Waals surface area (Å²) in [7, 11) is -1.36. The first kappa shape index (κ1) is 19.3. The van der Waals surface area contributed by atoms with Crippen LogP contribution in [0.1, 0.15) is 21.5 Å². The van der Waals surface area contributed by atoms with Gasteiger partial charge in [0.1, 0.15) is 5.75 Å². The topological polar surface area (TPSA) is 81.5 Å². The maximum atomic E-state index is 12.9. The monoisotopic (exact) mass is 391 g/mol. The fourth-order valence-electron chi connectivity index (χ4n) is 2.30. The quantitative estimate of drug-likeness (QED) is 0.641. The van der Waals surface area contributed by atoms with Crippen molar-refractivity contribution in [2.75, 3.05) is 13.4 Å². The first-order chi connectivity index (χ1) is 13.5. The van der Waals surface area contributed by atoms with Gasteiger partial charge in [0.15, 0.2) is 0 Å². The number of carbonyl (C=O) groups is 1. The predicted molar refractivity (Wildman–Crippen MR) is 107 cm³/mol. The lowest BCUT2D eigenvalue weighted by atomic mass is 10.2. The van der Waals surface area contributed by atoms with Gasteiger partial charge in [-0.1, -0.05) is 11.8 Å². The molecule has 0 radical (unpaired) electrons. The molecule has 6 nitrogen and oxygen atoms in total. The van der Waals surface area contributed by atoms with Crippen LogP contribution in [0.5, 0.6) is 5.75 Å². The lowest BCUT2D eigenvalue weighted by Gasteiger charge is -2.05. The summed E-state index contributed by atoms with van der Waals surface area (Å²) in [6.07, 6.45) is 7.66. The van der Waals surface area contributed by atoms with Crippen molar-refractivity contribution in [3.63, 3.8) is 0 Å². The zero-order valence-electron chi connectivity index (χ0n) is 15.3. The first-order valence-electron chi connectivity index (χ1n) is 8.25. The molecule has 0 bridgehead atoms. The van der Waals surface area contributed by atoms with E-state index in [1.54, 1.807) is 68.2 Å². The van der Waals surface area contributed by atoms with E-state index in [1.165, 1.54) is 12.5 Å². The predicted octanol–water partition coefficient (Wildman–Crippen LogP) is 3.18. The normalized spacial score (nSPS) is 12.2. The molecule has 0 saturated carbocycles. The van der Waals surface area contributed by atoms with E-state index in [4.69, 9.17) is 4.74 Å². The number of benzene rings is 1. The molecule has 0 aliphatic rings. The number of carbonyl (C=O) groups excluding carboxylic acids is 1. The smallest absolute Gasteiger partial charge is 0.286 e. The lowest BCUT2D eigenvalue weighted by molar-refractivity contribution is 0.100. The first-order valence-corrected chi connectivity index (χ1v) is 10.2. The number of rotatable bonds is 3. The fraction of sp³-hybridized carbons (Fsp3) is 0.0952. The minimum absolute atomic E-state index is 0.226. The fourth-order valence-corrected chi connectivity index (χ4v) is 3.47. The maximum absolute atomic E-state index is 12.9. The van der Waals surface area contributed by atoms with Gasteiger partial charge in [-0.05, 0) is 42.5 Å². The van der Waals surface area contributed by atoms with Crippen LogP contribution in [0, 0.1) is 11.8 Å². The summed E-state index contributed by atoms with van der Waals surface area (Å²) >= 11 is 0. The Morgan fingerprint density at radius 1 is 1.00 bits per heavy atom. The molecule has 1 unspecified atom stereocenters. The Bertz CT molecular complexity index is 1170. The van der Waals surface area contributed by atoms with Crippen molar-refractivity contribution < 1.29 is 13.7 Å². The van der Waals surface area contributed by atoms with Crippen molar-refractivity contribution in [1.29, 1.82) is 0 Å². The largest absolute Gasteiger partial charge is 0.497 e. The zero-order valence-corrected chi connectivity index (χ0v) is 16.1. The van der Waals surface area contributed by atoms with E-state index in [9.17, 15) is 9.00 Å². The van der Waals surface area contributed by atoms with Crippen molar-refractivity contribution in [2.45, 2.75) is 4.90 Å². The highest BCUT2D eigenvalue weighted by molar-refractivity contribution is 7.93. The number of hydrogen-bond donors (Lipinski definition) is 0. The van der Waals surface area contributed by atoms with Gasteiger partial charge in [-0.15, -0.1) is 0 Å². The van der Waals surface area contributed by atoms with Gasteiger partial charge in [-0.3, -0.25) is 14.8 Å². The molecule has 1 atom stereocenters. The molecule has 0 aliphatic heterocycles. The van der Waals surface area contributed by atoms with E-state index in [0.29, 0.717) is 16.2 Å². The van der Waals surface area contributed by atoms with Crippen molar-refractivity contribution in [3.05, 3.63) is 83.9 Å². The number of amides is 1. The van der Waals surface area contributed by atoms with Crippen LogP contribution in [0.4, 0.5) is 0 Å². The SMILES string of the molecule is COc1ccc(S(C)(=O)=NC(=O)c2cncc(C#Cc3ccncc3)c2)cc1. The second-order valence-corrected chi connectivity index (χ2v) is 8.08. The second-order valence-electron chi connectivity index (χ2n) is 5.82. The van der Waals surface area contributed by atoms with Crippen molar-refractivity contribution in [2.24, 2.45) is 4.36 Å². The Hall–Kier alpha value is -3.50. The van der Waals surface area contributed by atoms with Crippen LogP contribution in [0.15, 0.2) is 76.5 Å². The standard InChI is InChI=1S/C21H17N3O3S/c1-27-19-5-7-20(8-6-19)28(2,26)24-21(25)18-13-17(14-23-15-18)4-3-16-9-11-22-12-10-16/h5-15H,1-2H3. The lowest BCUT2D eigenvalue weighted by Crippen LogP contribution is -2.04. The van der Waals surface area contributed by atoms with Crippen LogP contribution in [-0.2, 0) is 9.73 Å². The van der Waals surface area contributed by atoms with Gasteiger partial charge < -0.3 is 4.74 Å². The number of ether oxygens (including phenoxy) is 1. The molecule has 3 rings (SSSR count). The molecular weight excluding hydrogens is 374 g/mol. The molecule has 1 amide bonds. The summed E-state index contributed by atoms with van der Waals surface area (Å²) in [5, 5.41) is 0. The molecule has 0 saturated heterocycles. The third kappa shape index (κ3) is 4.81. The average molecular weight is 391 g/mol. The summed E-state index contributed by atoms with van der Waals surface area (Å²) in [6.45, 7) is 0. The summed E-state index contributed by atoms with van der Waals surface area (Å²) < 4.78 is 21.9. The van der Waals surface area contributed by atoms with E-state index < -0.39 is 15.6 Å². The van der Waals surface area contributed by atoms with Gasteiger partial charge in [-0.25, -0.2) is 4.21 Å². The van der Waals surface area contributed by atoms with Crippen molar-refractivity contribution in [3.8, 4) is 17.6 Å². The third-order valence-corrected chi connectivity index (χ3v) is 5.43. The Labute approximate surface area is 163 Å². The highest BCUT2D eigenvalue weighted by atomic mass is 32.2. The Kier molecular flexibility index (Phi) is 5.82. The van der Waals surface area contributed by atoms with Gasteiger partial charge in [0.25, 0.3) is 5.91 Å². The van der Waals surface area contributed by atoms with E-state index in [0.717, 1.165) is 5.56 Å². The second kappa shape index (κ2) is 8.46. The molecule has 1 aromatic carbocycles. The van der Waals surface area contributed by atoms with Crippen LogP contribution < -0.4 is 4.74 Å². The van der Waals surface area contributed by atoms with E-state index >= 15 is 0 Å². The summed E-state index contributed by atoms with van der Waals surface area (Å²) in [5.74, 6) is 5.94. The molecule has 7 heteroatoms. The van der Waals surface area contributed by atoms with Gasteiger partial charge in [0.2, 0.25) is 0 Å². The third-order valence-electron chi connectivity index (χ3n) is 3.77. The summed E-state index contributed by atoms with van der Waals surface area (Å²) in [5.41, 5.74) is 1.59. The highest BCUT2D eigenvalue weighted by Gasteiger charge is 2.12. The molecule has 140 valence electrons. The van der Waals surface area contributed by atoms with Crippen LogP contribution >= 0.6 is 0 Å². The van der Waals surface area contributed by atoms with Crippen molar-refractivity contribution in [1.82, 2.24) is 9.97 Å². The molecule has 0 aliphatic carbocycles. The molecule has 28 heavy (non-hydrogen) atoms. The maximum Gasteiger partial charge on any atom is 0.286 e. The summed E-state index contributed by atoms with van der Waals surface area (Å²) in [6, 6.07) is 11.8. The van der Waals surface area contributed by atoms with Crippen LogP contribution in [0.2, 0.25) is 0 Å². The van der Waals surface area contributed by atoms with Crippen molar-refractivity contribution >= 4 is 15.6 Å². The minimum Gasteiger partial charge on any atom is -0.497 e. The van der Waals surface area contributed by atoms with Crippen LogP contribution in [-0.4, -0.2) is 33.4 Å². The molecule has 3 aromatic rings. The van der Waals surface area contributed by atoms with E-state index in [2.05, 4.69) is 26.2 Å². The molecule has 0 fully saturated rings. The number of methoxy groups -OCH3 is 1. The molecular formula is C21H17N3O3S. The Morgan fingerprint density at radius 2 is 1.68 bits per heavy atom. The molecule has 2 heterocycles. The van der Waals surface area contributed by atoms with Gasteiger partial charge >= 0.3 is 0 Å². The van der Waals surface area contributed by atoms with Crippen LogP contribution in [0.25, 0.3) is 0 Å². The number of aromatic nitrogens is 2. The molecule has 0 spiro atoms. The van der Waals surface area contributed by atoms with E-state index in [1.807, 2.05) is 0 Å². The number of pyridine rings is 2. The molecule has 2 aromatic heterocycles. The minimum atomic E-state index is -2.90.